The predicted octanol–water partition coefficient (Wildman–Crippen LogP) is 3.33. The first kappa shape index (κ1) is 11.3. The van der Waals surface area contributed by atoms with E-state index < -0.39 is 0 Å². The van der Waals surface area contributed by atoms with Gasteiger partial charge in [0, 0.05) is 4.47 Å². The molecule has 4 heteroatoms. The third-order valence-electron chi connectivity index (χ3n) is 2.43. The van der Waals surface area contributed by atoms with Gasteiger partial charge in [-0.25, -0.2) is 9.67 Å². The first-order chi connectivity index (χ1) is 7.48. The molecule has 0 spiro atoms. The Bertz CT molecular complexity index is 483. The molecule has 16 heavy (non-hydrogen) atoms. The molecule has 2 rings (SSSR count). The number of hydrogen-bond acceptors (Lipinski definition) is 2. The van der Waals surface area contributed by atoms with Crippen molar-refractivity contribution in [1.29, 1.82) is 0 Å². The number of benzene rings is 1. The summed E-state index contributed by atoms with van der Waals surface area (Å²) < 4.78 is 2.88. The van der Waals surface area contributed by atoms with Crippen molar-refractivity contribution in [1.82, 2.24) is 14.8 Å². The van der Waals surface area contributed by atoms with Gasteiger partial charge >= 0.3 is 0 Å². The molecular formula is C12H14BrN3. The molecule has 0 unspecified atom stereocenters. The highest BCUT2D eigenvalue weighted by atomic mass is 79.9. The van der Waals surface area contributed by atoms with Crippen LogP contribution in [0.25, 0.3) is 5.69 Å². The number of rotatable bonds is 1. The summed E-state index contributed by atoms with van der Waals surface area (Å²) in [6, 6.07) is 6.21. The molecular weight excluding hydrogens is 266 g/mol. The fourth-order valence-electron chi connectivity index (χ4n) is 1.64. The number of aromatic nitrogens is 3. The van der Waals surface area contributed by atoms with Gasteiger partial charge in [-0.2, -0.15) is 5.10 Å². The van der Waals surface area contributed by atoms with E-state index in [2.05, 4.69) is 58.9 Å². The maximum absolute atomic E-state index is 4.18. The molecule has 0 aliphatic heterocycles. The summed E-state index contributed by atoms with van der Waals surface area (Å²) in [5.41, 5.74) is 2.39. The fourth-order valence-corrected chi connectivity index (χ4v) is 2.00. The van der Waals surface area contributed by atoms with Crippen LogP contribution in [0.5, 0.6) is 0 Å². The molecule has 0 saturated carbocycles. The Balaban J connectivity index is 2.62. The lowest BCUT2D eigenvalue weighted by Crippen LogP contribution is -2.15. The normalized spacial score (nSPS) is 11.8. The second kappa shape index (κ2) is 4.01. The van der Waals surface area contributed by atoms with Gasteiger partial charge in [-0.3, -0.25) is 0 Å². The van der Waals surface area contributed by atoms with Crippen molar-refractivity contribution in [2.75, 3.05) is 0 Å². The minimum absolute atomic E-state index is 0.0745. The SMILES string of the molecule is CC(C)(C)c1cc(Br)ccc1-n1cncn1. The van der Waals surface area contributed by atoms with E-state index in [-0.39, 0.29) is 5.41 Å². The van der Waals surface area contributed by atoms with Crippen molar-refractivity contribution in [3.8, 4) is 5.69 Å². The Morgan fingerprint density at radius 1 is 1.25 bits per heavy atom. The number of hydrogen-bond donors (Lipinski definition) is 0. The molecule has 1 aromatic heterocycles. The van der Waals surface area contributed by atoms with E-state index in [9.17, 15) is 0 Å². The molecule has 0 amide bonds. The minimum Gasteiger partial charge on any atom is -0.223 e. The maximum Gasteiger partial charge on any atom is 0.138 e. The van der Waals surface area contributed by atoms with Crippen LogP contribution in [0.15, 0.2) is 35.3 Å². The summed E-state index contributed by atoms with van der Waals surface area (Å²) in [6.07, 6.45) is 3.27. The molecule has 1 heterocycles. The third-order valence-corrected chi connectivity index (χ3v) is 2.93. The first-order valence-electron chi connectivity index (χ1n) is 5.13. The zero-order valence-electron chi connectivity index (χ0n) is 9.61. The van der Waals surface area contributed by atoms with Gasteiger partial charge in [-0.15, -0.1) is 0 Å². The summed E-state index contributed by atoms with van der Waals surface area (Å²) in [5, 5.41) is 4.18. The lowest BCUT2D eigenvalue weighted by atomic mass is 9.86. The second-order valence-electron chi connectivity index (χ2n) is 4.75. The topological polar surface area (TPSA) is 30.7 Å². The van der Waals surface area contributed by atoms with Crippen LogP contribution < -0.4 is 0 Å². The molecule has 0 N–H and O–H groups in total. The van der Waals surface area contributed by atoms with Crippen LogP contribution in [0.4, 0.5) is 0 Å². The van der Waals surface area contributed by atoms with Crippen LogP contribution in [0, 0.1) is 0 Å². The van der Waals surface area contributed by atoms with Gasteiger partial charge in [0.05, 0.1) is 5.69 Å². The summed E-state index contributed by atoms with van der Waals surface area (Å²) in [4.78, 5) is 3.98. The van der Waals surface area contributed by atoms with Crippen molar-refractivity contribution in [2.45, 2.75) is 26.2 Å². The lowest BCUT2D eigenvalue weighted by Gasteiger charge is -2.22. The zero-order valence-corrected chi connectivity index (χ0v) is 11.2. The minimum atomic E-state index is 0.0745. The molecule has 0 radical (unpaired) electrons. The maximum atomic E-state index is 4.18. The molecule has 3 nitrogen and oxygen atoms in total. The van der Waals surface area contributed by atoms with Crippen molar-refractivity contribution >= 4 is 15.9 Å². The average molecular weight is 280 g/mol. The van der Waals surface area contributed by atoms with Gasteiger partial charge in [0.25, 0.3) is 0 Å². The zero-order chi connectivity index (χ0) is 11.8. The van der Waals surface area contributed by atoms with Gasteiger partial charge < -0.3 is 0 Å². The monoisotopic (exact) mass is 279 g/mol. The van der Waals surface area contributed by atoms with E-state index in [1.807, 2.05) is 6.07 Å². The molecule has 2 aromatic rings. The molecule has 0 aliphatic rings. The third kappa shape index (κ3) is 2.16. The smallest absolute Gasteiger partial charge is 0.138 e. The van der Waals surface area contributed by atoms with Gasteiger partial charge in [0.15, 0.2) is 0 Å². The lowest BCUT2D eigenvalue weighted by molar-refractivity contribution is 0.583. The molecule has 0 bridgehead atoms. The highest BCUT2D eigenvalue weighted by Crippen LogP contribution is 2.30. The molecule has 0 saturated heterocycles. The van der Waals surface area contributed by atoms with Gasteiger partial charge in [-0.05, 0) is 29.2 Å². The standard InChI is InChI=1S/C12H14BrN3/c1-12(2,3)10-6-9(13)4-5-11(10)16-8-14-7-15-16/h4-8H,1-3H3. The van der Waals surface area contributed by atoms with Gasteiger partial charge in [-0.1, -0.05) is 36.7 Å². The van der Waals surface area contributed by atoms with Gasteiger partial charge in [0.2, 0.25) is 0 Å². The van der Waals surface area contributed by atoms with E-state index in [0.29, 0.717) is 0 Å². The summed E-state index contributed by atoms with van der Waals surface area (Å²) >= 11 is 3.51. The molecule has 1 aromatic carbocycles. The van der Waals surface area contributed by atoms with Crippen molar-refractivity contribution < 1.29 is 0 Å². The van der Waals surface area contributed by atoms with E-state index in [0.717, 1.165) is 10.2 Å². The summed E-state index contributed by atoms with van der Waals surface area (Å²) in [7, 11) is 0. The number of halogens is 1. The van der Waals surface area contributed by atoms with Crippen LogP contribution in [0.3, 0.4) is 0 Å². The van der Waals surface area contributed by atoms with E-state index in [4.69, 9.17) is 0 Å². The Morgan fingerprint density at radius 3 is 2.56 bits per heavy atom. The van der Waals surface area contributed by atoms with Crippen molar-refractivity contribution in [3.63, 3.8) is 0 Å². The summed E-state index contributed by atoms with van der Waals surface area (Å²) in [5.74, 6) is 0. The Labute approximate surface area is 104 Å². The molecule has 84 valence electrons. The molecule has 0 fully saturated rings. The van der Waals surface area contributed by atoms with Crippen molar-refractivity contribution in [2.24, 2.45) is 0 Å². The predicted molar refractivity (Wildman–Crippen MR) is 67.8 cm³/mol. The molecule has 0 aliphatic carbocycles. The van der Waals surface area contributed by atoms with E-state index in [1.54, 1.807) is 17.3 Å². The highest BCUT2D eigenvalue weighted by molar-refractivity contribution is 9.10. The van der Waals surface area contributed by atoms with E-state index in [1.165, 1.54) is 5.56 Å². The van der Waals surface area contributed by atoms with Crippen LogP contribution in [-0.2, 0) is 5.41 Å². The Kier molecular flexibility index (Phi) is 2.84. The van der Waals surface area contributed by atoms with Crippen molar-refractivity contribution in [3.05, 3.63) is 40.9 Å². The number of nitrogens with zero attached hydrogens (tertiary/aromatic N) is 3. The van der Waals surface area contributed by atoms with E-state index >= 15 is 0 Å². The largest absolute Gasteiger partial charge is 0.223 e. The van der Waals surface area contributed by atoms with Crippen LogP contribution in [0.2, 0.25) is 0 Å². The fraction of sp³-hybridized carbons (Fsp3) is 0.333. The Hall–Kier alpha value is -1.16. The first-order valence-corrected chi connectivity index (χ1v) is 5.93. The summed E-state index contributed by atoms with van der Waals surface area (Å²) in [6.45, 7) is 6.57. The molecule has 0 atom stereocenters. The average Bonchev–Trinajstić information content (AvgIpc) is 2.69. The van der Waals surface area contributed by atoms with Gasteiger partial charge in [0.1, 0.15) is 12.7 Å². The quantitative estimate of drug-likeness (QED) is 0.802. The van der Waals surface area contributed by atoms with Crippen LogP contribution in [0.1, 0.15) is 26.3 Å². The Morgan fingerprint density at radius 2 is 2.00 bits per heavy atom. The second-order valence-corrected chi connectivity index (χ2v) is 5.67. The van der Waals surface area contributed by atoms with Crippen LogP contribution >= 0.6 is 15.9 Å². The highest BCUT2D eigenvalue weighted by Gasteiger charge is 2.19. The van der Waals surface area contributed by atoms with Crippen LogP contribution in [-0.4, -0.2) is 14.8 Å².